The molecule has 8 nitrogen and oxygen atoms in total. The molecule has 82 valence electrons. The van der Waals surface area contributed by atoms with Crippen molar-refractivity contribution in [3.63, 3.8) is 0 Å². The van der Waals surface area contributed by atoms with Crippen molar-refractivity contribution >= 4 is 21.7 Å². The second-order valence-corrected chi connectivity index (χ2v) is 3.84. The summed E-state index contributed by atoms with van der Waals surface area (Å²) in [5, 5.41) is 10.3. The Bertz CT molecular complexity index is 468. The maximum atomic E-state index is 10.6. The summed E-state index contributed by atoms with van der Waals surface area (Å²) in [5.41, 5.74) is -0.286. The van der Waals surface area contributed by atoms with Crippen LogP contribution in [0.5, 0.6) is 0 Å². The van der Waals surface area contributed by atoms with Gasteiger partial charge in [0, 0.05) is 12.1 Å². The maximum Gasteiger partial charge on any atom is 0.373 e. The molecule has 0 aliphatic rings. The molecule has 0 spiro atoms. The molecule has 0 atom stereocenters. The van der Waals surface area contributed by atoms with Gasteiger partial charge in [0.25, 0.3) is 5.69 Å². The third-order valence-electron chi connectivity index (χ3n) is 1.56. The molecule has 0 bridgehead atoms. The van der Waals surface area contributed by atoms with Crippen molar-refractivity contribution in [3.05, 3.63) is 34.4 Å². The first-order chi connectivity index (χ1) is 6.82. The van der Waals surface area contributed by atoms with Crippen LogP contribution in [0.4, 0.5) is 11.4 Å². The lowest BCUT2D eigenvalue weighted by Gasteiger charge is -2.13. The molecule has 3 N–H and O–H groups in total. The topological polar surface area (TPSA) is 127 Å². The number of anilines is 1. The van der Waals surface area contributed by atoms with Crippen LogP contribution < -0.4 is 10.3 Å². The van der Waals surface area contributed by atoms with Gasteiger partial charge in [-0.25, -0.2) is 5.84 Å². The average molecular weight is 233 g/mol. The second-order valence-electron chi connectivity index (χ2n) is 2.55. The van der Waals surface area contributed by atoms with E-state index >= 15 is 0 Å². The molecular weight excluding hydrogens is 226 g/mol. The van der Waals surface area contributed by atoms with Gasteiger partial charge in [-0.15, -0.1) is 0 Å². The number of hydrogen-bond acceptors (Lipinski definition) is 5. The molecule has 0 saturated heterocycles. The molecule has 0 saturated carbocycles. The Morgan fingerprint density at radius 2 is 1.80 bits per heavy atom. The van der Waals surface area contributed by atoms with Gasteiger partial charge in [-0.2, -0.15) is 12.8 Å². The summed E-state index contributed by atoms with van der Waals surface area (Å²) in [5.74, 6) is 5.02. The average Bonchev–Trinajstić information content (AvgIpc) is 2.15. The highest BCUT2D eigenvalue weighted by molar-refractivity contribution is 7.87. The Morgan fingerprint density at radius 3 is 2.13 bits per heavy atom. The summed E-state index contributed by atoms with van der Waals surface area (Å²) in [7, 11) is -4.55. The molecule has 1 aromatic carbocycles. The van der Waals surface area contributed by atoms with E-state index in [1.54, 1.807) is 0 Å². The molecule has 0 heterocycles. The second kappa shape index (κ2) is 3.81. The molecule has 0 aliphatic carbocycles. The summed E-state index contributed by atoms with van der Waals surface area (Å²) in [4.78, 5) is 9.63. The summed E-state index contributed by atoms with van der Waals surface area (Å²) in [6.45, 7) is 0. The largest absolute Gasteiger partial charge is 0.373 e. The van der Waals surface area contributed by atoms with Crippen molar-refractivity contribution in [3.8, 4) is 0 Å². The van der Waals surface area contributed by atoms with Crippen LogP contribution in [0.15, 0.2) is 24.3 Å². The van der Waals surface area contributed by atoms with E-state index in [2.05, 4.69) is 0 Å². The highest BCUT2D eigenvalue weighted by Crippen LogP contribution is 2.18. The fourth-order valence-corrected chi connectivity index (χ4v) is 1.24. The van der Waals surface area contributed by atoms with E-state index in [9.17, 15) is 18.5 Å². The van der Waals surface area contributed by atoms with E-state index in [1.807, 2.05) is 0 Å². The van der Waals surface area contributed by atoms with Gasteiger partial charge < -0.3 is 0 Å². The van der Waals surface area contributed by atoms with Crippen LogP contribution in [0.3, 0.4) is 0 Å². The van der Waals surface area contributed by atoms with Gasteiger partial charge in [0.1, 0.15) is 0 Å². The fourth-order valence-electron chi connectivity index (χ4n) is 0.854. The van der Waals surface area contributed by atoms with Crippen molar-refractivity contribution < 1.29 is 17.9 Å². The van der Waals surface area contributed by atoms with Crippen molar-refractivity contribution in [2.75, 3.05) is 4.41 Å². The predicted molar refractivity (Wildman–Crippen MR) is 51.3 cm³/mol. The van der Waals surface area contributed by atoms with Crippen LogP contribution in [0.2, 0.25) is 0 Å². The lowest BCUT2D eigenvalue weighted by Crippen LogP contribution is -2.36. The molecule has 1 rings (SSSR count). The van der Waals surface area contributed by atoms with Gasteiger partial charge in [0.05, 0.1) is 10.6 Å². The quantitative estimate of drug-likeness (QED) is 0.329. The van der Waals surface area contributed by atoms with Gasteiger partial charge in [-0.05, 0) is 12.1 Å². The van der Waals surface area contributed by atoms with Gasteiger partial charge in [-0.1, -0.05) is 0 Å². The maximum absolute atomic E-state index is 10.6. The van der Waals surface area contributed by atoms with Crippen LogP contribution in [-0.4, -0.2) is 17.9 Å². The number of benzene rings is 1. The summed E-state index contributed by atoms with van der Waals surface area (Å²) < 4.78 is 29.8. The zero-order valence-corrected chi connectivity index (χ0v) is 8.09. The van der Waals surface area contributed by atoms with E-state index in [4.69, 9.17) is 10.4 Å². The van der Waals surface area contributed by atoms with Crippen molar-refractivity contribution in [1.29, 1.82) is 0 Å². The van der Waals surface area contributed by atoms with E-state index in [0.29, 0.717) is 0 Å². The SMILES string of the molecule is NN(c1ccc([N+](=O)[O-])cc1)S(=O)(=O)O. The number of rotatable bonds is 3. The number of nitrogens with two attached hydrogens (primary N) is 1. The first-order valence-corrected chi connectivity index (χ1v) is 4.99. The summed E-state index contributed by atoms with van der Waals surface area (Å²) >= 11 is 0. The molecule has 0 unspecified atom stereocenters. The molecule has 0 amide bonds. The Balaban J connectivity index is 3.05. The Hall–Kier alpha value is -1.71. The van der Waals surface area contributed by atoms with E-state index in [0.717, 1.165) is 24.3 Å². The zero-order valence-electron chi connectivity index (χ0n) is 7.27. The Kier molecular flexibility index (Phi) is 2.88. The minimum atomic E-state index is -4.55. The van der Waals surface area contributed by atoms with E-state index in [1.165, 1.54) is 0 Å². The minimum absolute atomic E-state index is 0.0805. The molecule has 0 aromatic heterocycles. The van der Waals surface area contributed by atoms with Crippen LogP contribution >= 0.6 is 0 Å². The number of hydrogen-bond donors (Lipinski definition) is 2. The first-order valence-electron chi connectivity index (χ1n) is 3.59. The van der Waals surface area contributed by atoms with Crippen LogP contribution in [-0.2, 0) is 10.3 Å². The highest BCUT2D eigenvalue weighted by Gasteiger charge is 2.16. The third kappa shape index (κ3) is 2.62. The minimum Gasteiger partial charge on any atom is -0.268 e. The highest BCUT2D eigenvalue weighted by atomic mass is 32.2. The lowest BCUT2D eigenvalue weighted by atomic mass is 10.3. The van der Waals surface area contributed by atoms with Crippen molar-refractivity contribution in [2.45, 2.75) is 0 Å². The molecule has 0 radical (unpaired) electrons. The van der Waals surface area contributed by atoms with Gasteiger partial charge >= 0.3 is 10.3 Å². The Morgan fingerprint density at radius 1 is 1.33 bits per heavy atom. The summed E-state index contributed by atoms with van der Waals surface area (Å²) in [6, 6.07) is 4.35. The van der Waals surface area contributed by atoms with Gasteiger partial charge in [0.15, 0.2) is 0 Å². The third-order valence-corrected chi connectivity index (χ3v) is 2.27. The van der Waals surface area contributed by atoms with Gasteiger partial charge in [-0.3, -0.25) is 14.7 Å². The van der Waals surface area contributed by atoms with Crippen LogP contribution in [0, 0.1) is 10.1 Å². The Labute approximate surface area is 84.9 Å². The number of nitro groups is 1. The number of nitro benzene ring substituents is 1. The van der Waals surface area contributed by atoms with Crippen LogP contribution in [0.1, 0.15) is 0 Å². The molecule has 9 heteroatoms. The normalized spacial score (nSPS) is 11.1. The fraction of sp³-hybridized carbons (Fsp3) is 0. The smallest absolute Gasteiger partial charge is 0.268 e. The molecule has 15 heavy (non-hydrogen) atoms. The molecule has 0 aliphatic heterocycles. The predicted octanol–water partition coefficient (Wildman–Crippen LogP) is 0.0777. The monoisotopic (exact) mass is 233 g/mol. The van der Waals surface area contributed by atoms with E-state index in [-0.39, 0.29) is 15.8 Å². The molecule has 0 fully saturated rings. The van der Waals surface area contributed by atoms with Gasteiger partial charge in [0.2, 0.25) is 0 Å². The lowest BCUT2D eigenvalue weighted by molar-refractivity contribution is -0.384. The number of hydrazine groups is 1. The molecular formula is C6H7N3O5S. The summed E-state index contributed by atoms with van der Waals surface area (Å²) in [6.07, 6.45) is 0. The van der Waals surface area contributed by atoms with Crippen molar-refractivity contribution in [1.82, 2.24) is 0 Å². The van der Waals surface area contributed by atoms with Crippen LogP contribution in [0.25, 0.3) is 0 Å². The van der Waals surface area contributed by atoms with Crippen molar-refractivity contribution in [2.24, 2.45) is 5.84 Å². The number of non-ortho nitro benzene ring substituents is 1. The number of nitrogens with zero attached hydrogens (tertiary/aromatic N) is 2. The van der Waals surface area contributed by atoms with E-state index < -0.39 is 15.2 Å². The molecule has 1 aromatic rings. The standard InChI is InChI=1S/C6H7N3O5S/c7-8(15(12,13)14)5-1-3-6(4-2-5)9(10)11/h1-4H,7H2,(H,12,13,14). The zero-order chi connectivity index (χ0) is 11.6. The first kappa shape index (κ1) is 11.4.